The summed E-state index contributed by atoms with van der Waals surface area (Å²) in [5.41, 5.74) is 1.79. The van der Waals surface area contributed by atoms with Gasteiger partial charge in [-0.3, -0.25) is 14.5 Å². The Hall–Kier alpha value is -2.12. The first kappa shape index (κ1) is 19.2. The fraction of sp³-hybridized carbons (Fsp3) is 0.556. The molecule has 0 aromatic heterocycles. The number of amides is 2. The Balaban J connectivity index is 1.83. The van der Waals surface area contributed by atoms with Crippen molar-refractivity contribution >= 4 is 23.2 Å². The van der Waals surface area contributed by atoms with Gasteiger partial charge in [0, 0.05) is 58.6 Å². The van der Waals surface area contributed by atoms with Gasteiger partial charge in [0.25, 0.3) is 0 Å². The number of carbonyl (C=O) groups is 2. The van der Waals surface area contributed by atoms with Crippen molar-refractivity contribution in [1.29, 1.82) is 0 Å². The van der Waals surface area contributed by atoms with Crippen LogP contribution in [0.25, 0.3) is 0 Å². The van der Waals surface area contributed by atoms with Gasteiger partial charge in [-0.1, -0.05) is 0 Å². The molecule has 0 spiro atoms. The Morgan fingerprint density at radius 1 is 1.16 bits per heavy atom. The number of hydrogen-bond donors (Lipinski definition) is 1. The minimum Gasteiger partial charge on any atom is -0.379 e. The molecule has 1 aliphatic rings. The van der Waals surface area contributed by atoms with Crippen LogP contribution in [0.15, 0.2) is 24.3 Å². The van der Waals surface area contributed by atoms with Crippen LogP contribution < -0.4 is 10.2 Å². The van der Waals surface area contributed by atoms with Gasteiger partial charge < -0.3 is 19.9 Å². The fourth-order valence-electron chi connectivity index (χ4n) is 2.65. The van der Waals surface area contributed by atoms with Gasteiger partial charge in [-0.25, -0.2) is 0 Å². The van der Waals surface area contributed by atoms with E-state index < -0.39 is 0 Å². The quantitative estimate of drug-likeness (QED) is 0.792. The number of nitrogens with one attached hydrogen (secondary N) is 1. The molecule has 7 nitrogen and oxygen atoms in total. The predicted octanol–water partition coefficient (Wildman–Crippen LogP) is 0.872. The lowest BCUT2D eigenvalue weighted by molar-refractivity contribution is -0.133. The summed E-state index contributed by atoms with van der Waals surface area (Å²) in [6, 6.07) is 7.60. The molecule has 1 saturated heterocycles. The average molecular weight is 348 g/mol. The van der Waals surface area contributed by atoms with Crippen molar-refractivity contribution in [2.24, 2.45) is 0 Å². The van der Waals surface area contributed by atoms with Gasteiger partial charge >= 0.3 is 0 Å². The summed E-state index contributed by atoms with van der Waals surface area (Å²) in [6.45, 7) is 6.06. The lowest BCUT2D eigenvalue weighted by atomic mass is 10.2. The Kier molecular flexibility index (Phi) is 7.21. The molecule has 2 amide bonds. The molecule has 1 N–H and O–H groups in total. The van der Waals surface area contributed by atoms with Crippen molar-refractivity contribution in [2.75, 3.05) is 70.2 Å². The first-order chi connectivity index (χ1) is 12.0. The highest BCUT2D eigenvalue weighted by molar-refractivity contribution is 5.94. The number of anilines is 2. The third-order valence-corrected chi connectivity index (χ3v) is 4.24. The zero-order valence-corrected chi connectivity index (χ0v) is 15.3. The third kappa shape index (κ3) is 6.36. The van der Waals surface area contributed by atoms with E-state index in [0.29, 0.717) is 6.54 Å². The van der Waals surface area contributed by atoms with Crippen LogP contribution in [-0.4, -0.2) is 81.6 Å². The maximum Gasteiger partial charge on any atom is 0.243 e. The zero-order valence-electron chi connectivity index (χ0n) is 15.3. The molecule has 0 atom stereocenters. The van der Waals surface area contributed by atoms with Crippen LogP contribution in [0.3, 0.4) is 0 Å². The van der Waals surface area contributed by atoms with Crippen LogP contribution in [0.1, 0.15) is 6.92 Å². The molecule has 1 aromatic rings. The first-order valence-electron chi connectivity index (χ1n) is 8.58. The molecular formula is C18H28N4O3. The molecule has 25 heavy (non-hydrogen) atoms. The number of rotatable bonds is 7. The van der Waals surface area contributed by atoms with Crippen molar-refractivity contribution in [2.45, 2.75) is 6.92 Å². The summed E-state index contributed by atoms with van der Waals surface area (Å²) in [5.74, 6) is -0.277. The second-order valence-electron chi connectivity index (χ2n) is 6.38. The van der Waals surface area contributed by atoms with Crippen molar-refractivity contribution in [3.05, 3.63) is 24.3 Å². The lowest BCUT2D eigenvalue weighted by Gasteiger charge is -2.29. The van der Waals surface area contributed by atoms with Crippen molar-refractivity contribution in [1.82, 2.24) is 9.80 Å². The van der Waals surface area contributed by atoms with E-state index in [0.717, 1.165) is 44.2 Å². The number of carbonyl (C=O) groups excluding carboxylic acids is 2. The standard InChI is InChI=1S/C18H28N4O3/c1-15(23)22(9-8-21-10-12-25-13-11-21)14-18(24)19-16-4-6-17(7-5-16)20(2)3/h4-7H,8-14H2,1-3H3,(H,19,24). The Labute approximate surface area is 149 Å². The number of hydrogen-bond acceptors (Lipinski definition) is 5. The molecule has 0 radical (unpaired) electrons. The third-order valence-electron chi connectivity index (χ3n) is 4.24. The SMILES string of the molecule is CC(=O)N(CCN1CCOCC1)CC(=O)Nc1ccc(N(C)C)cc1. The summed E-state index contributed by atoms with van der Waals surface area (Å²) >= 11 is 0. The smallest absolute Gasteiger partial charge is 0.243 e. The second kappa shape index (κ2) is 9.39. The molecule has 1 fully saturated rings. The normalized spacial score (nSPS) is 14.8. The molecule has 138 valence electrons. The molecule has 0 bridgehead atoms. The highest BCUT2D eigenvalue weighted by atomic mass is 16.5. The Morgan fingerprint density at radius 3 is 2.36 bits per heavy atom. The van der Waals surface area contributed by atoms with E-state index in [2.05, 4.69) is 10.2 Å². The van der Waals surface area contributed by atoms with E-state index >= 15 is 0 Å². The maximum absolute atomic E-state index is 12.2. The summed E-state index contributed by atoms with van der Waals surface area (Å²) < 4.78 is 5.32. The summed E-state index contributed by atoms with van der Waals surface area (Å²) in [4.78, 5) is 29.9. The van der Waals surface area contributed by atoms with E-state index in [9.17, 15) is 9.59 Å². The van der Waals surface area contributed by atoms with Crippen LogP contribution in [0.2, 0.25) is 0 Å². The van der Waals surface area contributed by atoms with Crippen LogP contribution in [-0.2, 0) is 14.3 Å². The molecule has 0 unspecified atom stereocenters. The van der Waals surface area contributed by atoms with Crippen LogP contribution in [0.4, 0.5) is 11.4 Å². The minimum absolute atomic E-state index is 0.0646. The van der Waals surface area contributed by atoms with Crippen LogP contribution >= 0.6 is 0 Å². The van der Waals surface area contributed by atoms with E-state index in [1.165, 1.54) is 6.92 Å². The summed E-state index contributed by atoms with van der Waals surface area (Å²) in [6.07, 6.45) is 0. The second-order valence-corrected chi connectivity index (χ2v) is 6.38. The highest BCUT2D eigenvalue weighted by Crippen LogP contribution is 2.15. The summed E-state index contributed by atoms with van der Waals surface area (Å²) in [5, 5.41) is 2.85. The molecule has 2 rings (SSSR count). The van der Waals surface area contributed by atoms with E-state index in [1.54, 1.807) is 4.90 Å². The van der Waals surface area contributed by atoms with E-state index in [-0.39, 0.29) is 18.4 Å². The zero-order chi connectivity index (χ0) is 18.2. The van der Waals surface area contributed by atoms with Gasteiger partial charge in [0.05, 0.1) is 19.8 Å². The van der Waals surface area contributed by atoms with Crippen molar-refractivity contribution < 1.29 is 14.3 Å². The van der Waals surface area contributed by atoms with Crippen LogP contribution in [0.5, 0.6) is 0 Å². The number of benzene rings is 1. The van der Waals surface area contributed by atoms with Gasteiger partial charge in [0.2, 0.25) is 11.8 Å². The number of nitrogens with zero attached hydrogens (tertiary/aromatic N) is 3. The number of morpholine rings is 1. The van der Waals surface area contributed by atoms with Crippen LogP contribution in [0, 0.1) is 0 Å². The van der Waals surface area contributed by atoms with E-state index in [4.69, 9.17) is 4.74 Å². The average Bonchev–Trinajstić information content (AvgIpc) is 2.59. The molecule has 1 aliphatic heterocycles. The van der Waals surface area contributed by atoms with Gasteiger partial charge in [-0.2, -0.15) is 0 Å². The Bertz CT molecular complexity index is 568. The fourth-order valence-corrected chi connectivity index (χ4v) is 2.65. The largest absolute Gasteiger partial charge is 0.379 e. The summed E-state index contributed by atoms with van der Waals surface area (Å²) in [7, 11) is 3.93. The minimum atomic E-state index is -0.185. The lowest BCUT2D eigenvalue weighted by Crippen LogP contribution is -2.44. The van der Waals surface area contributed by atoms with E-state index in [1.807, 2.05) is 43.3 Å². The number of ether oxygens (including phenoxy) is 1. The van der Waals surface area contributed by atoms with Gasteiger partial charge in [0.1, 0.15) is 0 Å². The maximum atomic E-state index is 12.2. The molecule has 1 heterocycles. The monoisotopic (exact) mass is 348 g/mol. The highest BCUT2D eigenvalue weighted by Gasteiger charge is 2.16. The van der Waals surface area contributed by atoms with Gasteiger partial charge in [-0.15, -0.1) is 0 Å². The van der Waals surface area contributed by atoms with Gasteiger partial charge in [-0.05, 0) is 24.3 Å². The molecular weight excluding hydrogens is 320 g/mol. The molecule has 0 aliphatic carbocycles. The molecule has 7 heteroatoms. The van der Waals surface area contributed by atoms with Crippen molar-refractivity contribution in [3.8, 4) is 0 Å². The predicted molar refractivity (Wildman–Crippen MR) is 98.9 cm³/mol. The van der Waals surface area contributed by atoms with Crippen molar-refractivity contribution in [3.63, 3.8) is 0 Å². The molecule has 1 aromatic carbocycles. The molecule has 0 saturated carbocycles. The topological polar surface area (TPSA) is 65.1 Å². The van der Waals surface area contributed by atoms with Gasteiger partial charge in [0.15, 0.2) is 0 Å². The Morgan fingerprint density at radius 2 is 1.80 bits per heavy atom. The first-order valence-corrected chi connectivity index (χ1v) is 8.58.